The summed E-state index contributed by atoms with van der Waals surface area (Å²) >= 11 is 0. The fourth-order valence-electron chi connectivity index (χ4n) is 2.67. The summed E-state index contributed by atoms with van der Waals surface area (Å²) in [4.78, 5) is 0. The van der Waals surface area contributed by atoms with Gasteiger partial charge in [0.25, 0.3) is 0 Å². The Hall–Kier alpha value is -0.332. The highest BCUT2D eigenvalue weighted by atomic mass is 28.5. The van der Waals surface area contributed by atoms with Gasteiger partial charge in [0.15, 0.2) is 0 Å². The van der Waals surface area contributed by atoms with E-state index in [2.05, 4.69) is 56.6 Å². The van der Waals surface area contributed by atoms with Gasteiger partial charge in [-0.2, -0.15) is 0 Å². The molecular weight excluding hydrogens is 344 g/mol. The first-order valence-electron chi connectivity index (χ1n) is 7.45. The molecule has 4 nitrogen and oxygen atoms in total. The van der Waals surface area contributed by atoms with Crippen molar-refractivity contribution < 1.29 is 16.5 Å². The lowest BCUT2D eigenvalue weighted by molar-refractivity contribution is 0.254. The van der Waals surface area contributed by atoms with Crippen molar-refractivity contribution in [3.8, 4) is 0 Å². The van der Waals surface area contributed by atoms with Crippen molar-refractivity contribution in [2.45, 2.75) is 39.3 Å². The van der Waals surface area contributed by atoms with Crippen LogP contribution in [0.1, 0.15) is 5.56 Å². The molecule has 1 heterocycles. The SMILES string of the molecule is C[Si]1O[Si](C)(C)O[Si](C)(C)O[Si](C)(C=Cc2ccccc2)O1. The van der Waals surface area contributed by atoms with Gasteiger partial charge in [0.1, 0.15) is 0 Å². The van der Waals surface area contributed by atoms with Crippen molar-refractivity contribution in [3.05, 3.63) is 41.6 Å². The summed E-state index contributed by atoms with van der Waals surface area (Å²) < 4.78 is 25.1. The van der Waals surface area contributed by atoms with Crippen molar-refractivity contribution >= 4 is 41.0 Å². The molecule has 0 aromatic heterocycles. The number of hydrogen-bond acceptors (Lipinski definition) is 4. The molecule has 22 heavy (non-hydrogen) atoms. The fraction of sp³-hybridized carbons (Fsp3) is 0.429. The van der Waals surface area contributed by atoms with Gasteiger partial charge in [0.2, 0.25) is 0 Å². The Bertz CT molecular complexity index is 535. The average Bonchev–Trinajstić information content (AvgIpc) is 2.33. The van der Waals surface area contributed by atoms with Gasteiger partial charge in [-0.25, -0.2) is 0 Å². The Morgan fingerprint density at radius 3 is 2.14 bits per heavy atom. The molecule has 0 N–H and O–H groups in total. The van der Waals surface area contributed by atoms with E-state index in [0.717, 1.165) is 5.56 Å². The molecule has 8 heteroatoms. The van der Waals surface area contributed by atoms with E-state index in [4.69, 9.17) is 16.5 Å². The summed E-state index contributed by atoms with van der Waals surface area (Å²) in [5.74, 6) is 0. The Balaban J connectivity index is 2.22. The van der Waals surface area contributed by atoms with E-state index in [0.29, 0.717) is 0 Å². The van der Waals surface area contributed by atoms with E-state index >= 15 is 0 Å². The molecule has 0 bridgehead atoms. The van der Waals surface area contributed by atoms with E-state index in [1.54, 1.807) is 0 Å². The smallest absolute Gasteiger partial charge is 0.362 e. The second-order valence-electron chi connectivity index (χ2n) is 6.46. The highest BCUT2D eigenvalue weighted by molar-refractivity contribution is 6.91. The van der Waals surface area contributed by atoms with E-state index in [9.17, 15) is 0 Å². The second-order valence-corrected chi connectivity index (χ2v) is 18.7. The Kier molecular flexibility index (Phi) is 5.45. The molecule has 1 atom stereocenters. The van der Waals surface area contributed by atoms with Gasteiger partial charge in [-0.05, 0) is 50.5 Å². The van der Waals surface area contributed by atoms with Gasteiger partial charge in [0, 0.05) is 0 Å². The van der Waals surface area contributed by atoms with Gasteiger partial charge < -0.3 is 16.5 Å². The molecule has 0 aliphatic carbocycles. The summed E-state index contributed by atoms with van der Waals surface area (Å²) in [6, 6.07) is 10.2. The van der Waals surface area contributed by atoms with Crippen LogP contribution in [0.4, 0.5) is 0 Å². The molecule has 1 fully saturated rings. The molecule has 0 saturated carbocycles. The predicted molar refractivity (Wildman–Crippen MR) is 98.0 cm³/mol. The van der Waals surface area contributed by atoms with Crippen molar-refractivity contribution in [1.82, 2.24) is 0 Å². The largest absolute Gasteiger partial charge is 0.416 e. The third-order valence-electron chi connectivity index (χ3n) is 3.05. The van der Waals surface area contributed by atoms with Gasteiger partial charge >= 0.3 is 35.0 Å². The van der Waals surface area contributed by atoms with Crippen LogP contribution in [-0.2, 0) is 16.5 Å². The van der Waals surface area contributed by atoms with Crippen LogP contribution in [0.5, 0.6) is 0 Å². The minimum absolute atomic E-state index is 1.14. The number of hydrogen-bond donors (Lipinski definition) is 0. The fourth-order valence-corrected chi connectivity index (χ4v) is 19.6. The molecule has 121 valence electrons. The zero-order chi connectivity index (χ0) is 16.4. The maximum absolute atomic E-state index is 6.42. The summed E-state index contributed by atoms with van der Waals surface area (Å²) in [7, 11) is -8.28. The van der Waals surface area contributed by atoms with E-state index < -0.39 is 35.0 Å². The Morgan fingerprint density at radius 1 is 0.864 bits per heavy atom. The van der Waals surface area contributed by atoms with Crippen LogP contribution < -0.4 is 0 Å². The van der Waals surface area contributed by atoms with E-state index in [1.165, 1.54) is 0 Å². The first-order chi connectivity index (χ1) is 10.1. The Morgan fingerprint density at radius 2 is 1.50 bits per heavy atom. The second kappa shape index (κ2) is 6.65. The van der Waals surface area contributed by atoms with Crippen LogP contribution in [-0.4, -0.2) is 35.0 Å². The molecule has 1 aromatic carbocycles. The van der Waals surface area contributed by atoms with Gasteiger partial charge in [-0.15, -0.1) is 0 Å². The third kappa shape index (κ3) is 5.39. The summed E-state index contributed by atoms with van der Waals surface area (Å²) in [6.07, 6.45) is 2.08. The zero-order valence-electron chi connectivity index (χ0n) is 14.2. The normalized spacial score (nSPS) is 29.2. The minimum atomic E-state index is -2.46. The minimum Gasteiger partial charge on any atom is -0.416 e. The lowest BCUT2D eigenvalue weighted by Gasteiger charge is -2.42. The summed E-state index contributed by atoms with van der Waals surface area (Å²) in [5, 5.41) is 0. The van der Waals surface area contributed by atoms with Gasteiger partial charge in [-0.1, -0.05) is 36.4 Å². The average molecular weight is 370 g/mol. The first kappa shape index (κ1) is 18.0. The lowest BCUT2D eigenvalue weighted by Crippen LogP contribution is -2.61. The molecule has 1 radical (unpaired) electrons. The monoisotopic (exact) mass is 369 g/mol. The van der Waals surface area contributed by atoms with Crippen LogP contribution in [0.2, 0.25) is 39.3 Å². The summed E-state index contributed by atoms with van der Waals surface area (Å²) in [6.45, 7) is 12.4. The molecule has 0 amide bonds. The molecule has 0 spiro atoms. The molecule has 1 aromatic rings. The maximum Gasteiger partial charge on any atom is 0.362 e. The zero-order valence-corrected chi connectivity index (χ0v) is 18.2. The van der Waals surface area contributed by atoms with Crippen LogP contribution in [0.15, 0.2) is 36.0 Å². The molecular formula is C14H25O4Si4. The standard InChI is InChI=1S/C14H25O4Si4/c1-19-15-20(2,3)17-21(4,5)18-22(6,16-19)13-12-14-10-8-7-9-11-14/h7-13H,1-6H3. The molecule has 1 saturated heterocycles. The van der Waals surface area contributed by atoms with Crippen molar-refractivity contribution in [3.63, 3.8) is 0 Å². The third-order valence-corrected chi connectivity index (χ3v) is 17.2. The van der Waals surface area contributed by atoms with Crippen molar-refractivity contribution in [1.29, 1.82) is 0 Å². The molecule has 1 unspecified atom stereocenters. The van der Waals surface area contributed by atoms with Crippen molar-refractivity contribution in [2.75, 3.05) is 0 Å². The maximum atomic E-state index is 6.42. The van der Waals surface area contributed by atoms with Crippen molar-refractivity contribution in [2.24, 2.45) is 0 Å². The number of rotatable bonds is 2. The quantitative estimate of drug-likeness (QED) is 0.741. The van der Waals surface area contributed by atoms with Crippen LogP contribution in [0.3, 0.4) is 0 Å². The van der Waals surface area contributed by atoms with Crippen LogP contribution in [0, 0.1) is 0 Å². The van der Waals surface area contributed by atoms with Crippen LogP contribution in [0.25, 0.3) is 6.08 Å². The van der Waals surface area contributed by atoms with Crippen LogP contribution >= 0.6 is 0 Å². The highest BCUT2D eigenvalue weighted by Gasteiger charge is 2.47. The highest BCUT2D eigenvalue weighted by Crippen LogP contribution is 2.27. The van der Waals surface area contributed by atoms with Gasteiger partial charge in [0.05, 0.1) is 0 Å². The van der Waals surface area contributed by atoms with Gasteiger partial charge in [-0.3, -0.25) is 0 Å². The predicted octanol–water partition coefficient (Wildman–Crippen LogP) is 3.91. The molecule has 1 aliphatic heterocycles. The van der Waals surface area contributed by atoms with E-state index in [1.807, 2.05) is 24.7 Å². The first-order valence-corrected chi connectivity index (χ1v) is 17.3. The van der Waals surface area contributed by atoms with E-state index in [-0.39, 0.29) is 0 Å². The number of benzene rings is 1. The summed E-state index contributed by atoms with van der Waals surface area (Å²) in [5.41, 5.74) is 3.24. The Labute approximate surface area is 138 Å². The molecule has 1 aliphatic rings. The topological polar surface area (TPSA) is 36.9 Å². The molecule has 2 rings (SSSR count). The lowest BCUT2D eigenvalue weighted by atomic mass is 10.2.